The predicted octanol–water partition coefficient (Wildman–Crippen LogP) is 3.65. The van der Waals surface area contributed by atoms with Crippen LogP contribution in [0.15, 0.2) is 41.5 Å². The minimum Gasteiger partial charge on any atom is -0.352 e. The van der Waals surface area contributed by atoms with E-state index in [0.29, 0.717) is 24.8 Å². The van der Waals surface area contributed by atoms with Crippen LogP contribution < -0.4 is 16.1 Å². The van der Waals surface area contributed by atoms with E-state index in [-0.39, 0.29) is 17.0 Å². The smallest absolute Gasteiger partial charge is 0.257 e. The summed E-state index contributed by atoms with van der Waals surface area (Å²) in [5, 5.41) is 5.64. The molecule has 2 amide bonds. The van der Waals surface area contributed by atoms with E-state index < -0.39 is 23.3 Å². The number of pyridine rings is 1. The van der Waals surface area contributed by atoms with Crippen molar-refractivity contribution in [1.29, 1.82) is 0 Å². The van der Waals surface area contributed by atoms with Gasteiger partial charge >= 0.3 is 0 Å². The molecule has 0 spiro atoms. The number of hydrogen-bond donors (Lipinski definition) is 3. The molecule has 8 nitrogen and oxygen atoms in total. The third-order valence-electron chi connectivity index (χ3n) is 5.32. The largest absolute Gasteiger partial charge is 0.352 e. The second kappa shape index (κ2) is 10.5. The number of fused-ring (bicyclic) bond motifs is 1. The Morgan fingerprint density at radius 1 is 1.00 bits per heavy atom. The molecule has 33 heavy (non-hydrogen) atoms. The van der Waals surface area contributed by atoms with Gasteiger partial charge in [-0.05, 0) is 37.3 Å². The molecule has 0 radical (unpaired) electrons. The Morgan fingerprint density at radius 3 is 2.30 bits per heavy atom. The number of aromatic amines is 1. The summed E-state index contributed by atoms with van der Waals surface area (Å²) >= 11 is 0. The van der Waals surface area contributed by atoms with Gasteiger partial charge in [-0.15, -0.1) is 0 Å². The summed E-state index contributed by atoms with van der Waals surface area (Å²) in [5.41, 5.74) is 1.01. The highest BCUT2D eigenvalue weighted by molar-refractivity contribution is 5.99. The molecular weight excluding hydrogens is 418 g/mol. The first-order valence-corrected chi connectivity index (χ1v) is 11.4. The lowest BCUT2D eigenvalue weighted by atomic mass is 10.1. The van der Waals surface area contributed by atoms with Gasteiger partial charge in [-0.2, -0.15) is 0 Å². The molecule has 8 heteroatoms. The molecule has 0 aliphatic rings. The molecule has 0 fully saturated rings. The summed E-state index contributed by atoms with van der Waals surface area (Å²) in [7, 11) is 0. The Kier molecular flexibility index (Phi) is 7.68. The fourth-order valence-electron chi connectivity index (χ4n) is 3.57. The molecule has 0 bridgehead atoms. The fourth-order valence-corrected chi connectivity index (χ4v) is 3.57. The van der Waals surface area contributed by atoms with Crippen molar-refractivity contribution in [2.24, 2.45) is 11.8 Å². The number of aromatic nitrogens is 3. The summed E-state index contributed by atoms with van der Waals surface area (Å²) in [4.78, 5) is 46.6. The molecule has 0 aliphatic carbocycles. The van der Waals surface area contributed by atoms with E-state index in [9.17, 15) is 14.4 Å². The molecular formula is C25H33N5O3. The van der Waals surface area contributed by atoms with Crippen molar-refractivity contribution in [2.75, 3.05) is 6.54 Å². The predicted molar refractivity (Wildman–Crippen MR) is 129 cm³/mol. The first-order chi connectivity index (χ1) is 15.7. The number of imidazole rings is 1. The Bertz CT molecular complexity index is 1160. The summed E-state index contributed by atoms with van der Waals surface area (Å²) < 4.78 is 1.74. The van der Waals surface area contributed by atoms with Crippen LogP contribution in [0.4, 0.5) is 0 Å². The van der Waals surface area contributed by atoms with Crippen molar-refractivity contribution < 1.29 is 9.59 Å². The summed E-state index contributed by atoms with van der Waals surface area (Å²) in [6, 6.07) is 7.14. The summed E-state index contributed by atoms with van der Waals surface area (Å²) in [6.07, 6.45) is 3.86. The van der Waals surface area contributed by atoms with Crippen LogP contribution in [-0.4, -0.2) is 32.9 Å². The third kappa shape index (κ3) is 6.09. The molecule has 3 N–H and O–H groups in total. The molecule has 1 aromatic carbocycles. The van der Waals surface area contributed by atoms with E-state index in [1.54, 1.807) is 11.5 Å². The van der Waals surface area contributed by atoms with Gasteiger partial charge in [-0.1, -0.05) is 39.8 Å². The summed E-state index contributed by atoms with van der Waals surface area (Å²) in [6.45, 7) is 11.0. The van der Waals surface area contributed by atoms with E-state index in [2.05, 4.69) is 34.4 Å². The zero-order valence-electron chi connectivity index (χ0n) is 19.9. The van der Waals surface area contributed by atoms with E-state index in [4.69, 9.17) is 0 Å². The highest BCUT2D eigenvalue weighted by Crippen LogP contribution is 2.16. The lowest BCUT2D eigenvalue weighted by Gasteiger charge is -2.16. The van der Waals surface area contributed by atoms with Crippen LogP contribution in [0.25, 0.3) is 11.0 Å². The SMILES string of the molecule is CC(C)CCNC(=O)c1cn(CC(C)C)cc(C(=O)N[C@@H](C)c2nc3ccccc3[nH]2)c1=O. The van der Waals surface area contributed by atoms with E-state index >= 15 is 0 Å². The number of nitrogens with one attached hydrogen (secondary N) is 3. The molecule has 1 atom stereocenters. The minimum absolute atomic E-state index is 0.0246. The van der Waals surface area contributed by atoms with Crippen LogP contribution in [0.1, 0.15) is 73.6 Å². The van der Waals surface area contributed by atoms with Crippen molar-refractivity contribution in [3.05, 3.63) is 63.8 Å². The molecule has 176 valence electrons. The van der Waals surface area contributed by atoms with Gasteiger partial charge in [0.15, 0.2) is 0 Å². The van der Waals surface area contributed by atoms with E-state index in [1.165, 1.54) is 12.4 Å². The van der Waals surface area contributed by atoms with Crippen LogP contribution in [0.3, 0.4) is 0 Å². The van der Waals surface area contributed by atoms with Gasteiger partial charge in [0.05, 0.1) is 17.1 Å². The van der Waals surface area contributed by atoms with Crippen LogP contribution in [0, 0.1) is 11.8 Å². The molecule has 0 unspecified atom stereocenters. The zero-order chi connectivity index (χ0) is 24.1. The lowest BCUT2D eigenvalue weighted by molar-refractivity contribution is 0.0936. The number of rotatable bonds is 9. The first-order valence-electron chi connectivity index (χ1n) is 11.4. The molecule has 3 aromatic rings. The Hall–Kier alpha value is -3.42. The number of benzene rings is 1. The first kappa shape index (κ1) is 24.2. The Balaban J connectivity index is 1.86. The number of carbonyl (C=O) groups excluding carboxylic acids is 2. The molecule has 3 rings (SSSR count). The zero-order valence-corrected chi connectivity index (χ0v) is 19.9. The van der Waals surface area contributed by atoms with Gasteiger partial charge in [-0.3, -0.25) is 14.4 Å². The van der Waals surface area contributed by atoms with Gasteiger partial charge in [0.25, 0.3) is 11.8 Å². The summed E-state index contributed by atoms with van der Waals surface area (Å²) in [5.74, 6) is 0.296. The monoisotopic (exact) mass is 451 g/mol. The maximum atomic E-state index is 13.1. The highest BCUT2D eigenvalue weighted by atomic mass is 16.2. The number of H-pyrrole nitrogens is 1. The number of carbonyl (C=O) groups is 2. The van der Waals surface area contributed by atoms with Gasteiger partial charge < -0.3 is 20.2 Å². The molecule has 0 saturated carbocycles. The molecule has 0 aliphatic heterocycles. The Morgan fingerprint density at radius 2 is 1.67 bits per heavy atom. The number of hydrogen-bond acceptors (Lipinski definition) is 4. The van der Waals surface area contributed by atoms with Crippen LogP contribution in [0.2, 0.25) is 0 Å². The second-order valence-corrected chi connectivity index (χ2v) is 9.28. The van der Waals surface area contributed by atoms with Gasteiger partial charge in [-0.25, -0.2) is 4.98 Å². The van der Waals surface area contributed by atoms with Crippen molar-refractivity contribution in [3.8, 4) is 0 Å². The average molecular weight is 452 g/mol. The number of nitrogens with zero attached hydrogens (tertiary/aromatic N) is 2. The fraction of sp³-hybridized carbons (Fsp3) is 0.440. The molecule has 2 heterocycles. The third-order valence-corrected chi connectivity index (χ3v) is 5.32. The number of amides is 2. The highest BCUT2D eigenvalue weighted by Gasteiger charge is 2.22. The van der Waals surface area contributed by atoms with Crippen molar-refractivity contribution in [2.45, 2.75) is 53.6 Å². The van der Waals surface area contributed by atoms with Crippen LogP contribution in [0.5, 0.6) is 0 Å². The normalized spacial score (nSPS) is 12.3. The van der Waals surface area contributed by atoms with Crippen LogP contribution in [-0.2, 0) is 6.54 Å². The van der Waals surface area contributed by atoms with E-state index in [0.717, 1.165) is 17.5 Å². The lowest BCUT2D eigenvalue weighted by Crippen LogP contribution is -2.37. The maximum Gasteiger partial charge on any atom is 0.257 e. The van der Waals surface area contributed by atoms with Crippen molar-refractivity contribution in [3.63, 3.8) is 0 Å². The topological polar surface area (TPSA) is 109 Å². The van der Waals surface area contributed by atoms with E-state index in [1.807, 2.05) is 38.1 Å². The van der Waals surface area contributed by atoms with Gasteiger partial charge in [0, 0.05) is 25.5 Å². The van der Waals surface area contributed by atoms with Gasteiger partial charge in [0.2, 0.25) is 5.43 Å². The van der Waals surface area contributed by atoms with Crippen molar-refractivity contribution >= 4 is 22.8 Å². The van der Waals surface area contributed by atoms with Gasteiger partial charge in [0.1, 0.15) is 17.0 Å². The maximum absolute atomic E-state index is 13.1. The number of para-hydroxylation sites is 2. The quantitative estimate of drug-likeness (QED) is 0.461. The van der Waals surface area contributed by atoms with Crippen molar-refractivity contribution in [1.82, 2.24) is 25.2 Å². The molecule has 0 saturated heterocycles. The molecule has 2 aromatic heterocycles. The minimum atomic E-state index is -0.577. The standard InChI is InChI=1S/C25H33N5O3/c1-15(2)10-11-26-24(32)18-13-30(12-16(3)4)14-19(22(18)31)25(33)27-17(5)23-28-20-8-6-7-9-21(20)29-23/h6-9,13-17H,10-12H2,1-5H3,(H,26,32)(H,27,33)(H,28,29)/t17-/m0/s1. The van der Waals surface area contributed by atoms with Crippen LogP contribution >= 0.6 is 0 Å². The average Bonchev–Trinajstić information content (AvgIpc) is 3.18. The second-order valence-electron chi connectivity index (χ2n) is 9.28. The Labute approximate surface area is 193 Å².